The zero-order chi connectivity index (χ0) is 13.1. The Bertz CT molecular complexity index is 362. The molecular formula is C15H25N3. The third-order valence-corrected chi connectivity index (χ3v) is 3.54. The summed E-state index contributed by atoms with van der Waals surface area (Å²) in [6, 6.07) is 9.99. The van der Waals surface area contributed by atoms with Crippen LogP contribution in [0, 0.1) is 0 Å². The molecule has 18 heavy (non-hydrogen) atoms. The number of nitrogens with two attached hydrogens (primary N) is 1. The summed E-state index contributed by atoms with van der Waals surface area (Å²) in [4.78, 5) is 2.52. The van der Waals surface area contributed by atoms with Gasteiger partial charge in [-0.25, -0.2) is 0 Å². The predicted octanol–water partition coefficient (Wildman–Crippen LogP) is 1.89. The summed E-state index contributed by atoms with van der Waals surface area (Å²) < 4.78 is 0. The smallest absolute Gasteiger partial charge is 0.0266 e. The number of nitrogens with one attached hydrogen (secondary N) is 1. The molecule has 1 heterocycles. The third-order valence-electron chi connectivity index (χ3n) is 3.54. The molecule has 0 aliphatic carbocycles. The fourth-order valence-corrected chi connectivity index (χ4v) is 2.75. The van der Waals surface area contributed by atoms with Crippen molar-refractivity contribution in [2.75, 3.05) is 13.1 Å². The topological polar surface area (TPSA) is 41.3 Å². The maximum absolute atomic E-state index is 5.87. The Morgan fingerprint density at radius 1 is 1.22 bits per heavy atom. The number of piperazine rings is 1. The van der Waals surface area contributed by atoms with Crippen LogP contribution in [0.5, 0.6) is 0 Å². The number of hydrogen-bond acceptors (Lipinski definition) is 3. The van der Waals surface area contributed by atoms with Crippen molar-refractivity contribution >= 4 is 0 Å². The first-order valence-corrected chi connectivity index (χ1v) is 6.87. The highest BCUT2D eigenvalue weighted by molar-refractivity contribution is 5.24. The number of hydrogen-bond donors (Lipinski definition) is 2. The van der Waals surface area contributed by atoms with Crippen molar-refractivity contribution in [3.8, 4) is 0 Å². The van der Waals surface area contributed by atoms with Gasteiger partial charge >= 0.3 is 0 Å². The van der Waals surface area contributed by atoms with E-state index in [1.165, 1.54) is 11.1 Å². The maximum atomic E-state index is 5.87. The molecule has 1 aliphatic rings. The second kappa shape index (κ2) is 5.83. The normalized spacial score (nSPS) is 27.1. The summed E-state index contributed by atoms with van der Waals surface area (Å²) in [6.07, 6.45) is 0. The maximum Gasteiger partial charge on any atom is 0.0266 e. The van der Waals surface area contributed by atoms with Gasteiger partial charge in [-0.2, -0.15) is 0 Å². The first-order valence-electron chi connectivity index (χ1n) is 6.87. The highest BCUT2D eigenvalue weighted by atomic mass is 15.2. The minimum atomic E-state index is 0.123. The molecule has 1 aliphatic heterocycles. The molecule has 0 radical (unpaired) electrons. The summed E-state index contributed by atoms with van der Waals surface area (Å²) >= 11 is 0. The molecule has 0 amide bonds. The molecule has 0 saturated carbocycles. The molecule has 1 fully saturated rings. The van der Waals surface area contributed by atoms with E-state index in [4.69, 9.17) is 5.73 Å². The molecule has 3 nitrogen and oxygen atoms in total. The van der Waals surface area contributed by atoms with E-state index in [1.807, 2.05) is 6.92 Å². The number of rotatable bonds is 3. The molecule has 0 spiro atoms. The van der Waals surface area contributed by atoms with E-state index in [0.717, 1.165) is 19.6 Å². The van der Waals surface area contributed by atoms with Crippen LogP contribution in [-0.4, -0.2) is 30.1 Å². The molecule has 1 aromatic carbocycles. The highest BCUT2D eigenvalue weighted by Crippen LogP contribution is 2.14. The molecule has 1 aromatic rings. The van der Waals surface area contributed by atoms with Gasteiger partial charge in [0.25, 0.3) is 0 Å². The quantitative estimate of drug-likeness (QED) is 0.857. The number of benzene rings is 1. The van der Waals surface area contributed by atoms with Crippen LogP contribution >= 0.6 is 0 Å². The second-order valence-electron chi connectivity index (χ2n) is 5.69. The van der Waals surface area contributed by atoms with E-state index in [0.29, 0.717) is 12.1 Å². The van der Waals surface area contributed by atoms with Gasteiger partial charge in [-0.05, 0) is 31.9 Å². The molecule has 3 N–H and O–H groups in total. The van der Waals surface area contributed by atoms with Gasteiger partial charge in [0.05, 0.1) is 0 Å². The van der Waals surface area contributed by atoms with Crippen LogP contribution in [0.2, 0.25) is 0 Å². The summed E-state index contributed by atoms with van der Waals surface area (Å²) in [5.41, 5.74) is 8.45. The zero-order valence-corrected chi connectivity index (χ0v) is 11.7. The average Bonchev–Trinajstić information content (AvgIpc) is 2.28. The van der Waals surface area contributed by atoms with Crippen molar-refractivity contribution in [3.05, 3.63) is 35.4 Å². The Labute approximate surface area is 110 Å². The van der Waals surface area contributed by atoms with Crippen LogP contribution < -0.4 is 11.1 Å². The molecule has 2 rings (SSSR count). The first kappa shape index (κ1) is 13.5. The van der Waals surface area contributed by atoms with E-state index in [2.05, 4.69) is 48.3 Å². The van der Waals surface area contributed by atoms with Crippen LogP contribution in [0.4, 0.5) is 0 Å². The summed E-state index contributed by atoms with van der Waals surface area (Å²) in [6.45, 7) is 9.81. The van der Waals surface area contributed by atoms with Gasteiger partial charge in [0, 0.05) is 37.8 Å². The molecule has 1 saturated heterocycles. The monoisotopic (exact) mass is 247 g/mol. The Kier molecular flexibility index (Phi) is 4.38. The first-order chi connectivity index (χ1) is 8.54. The Hall–Kier alpha value is -0.900. The van der Waals surface area contributed by atoms with Crippen molar-refractivity contribution < 1.29 is 0 Å². The second-order valence-corrected chi connectivity index (χ2v) is 5.69. The third kappa shape index (κ3) is 3.55. The van der Waals surface area contributed by atoms with Crippen LogP contribution in [0.1, 0.15) is 37.9 Å². The molecule has 0 aromatic heterocycles. The van der Waals surface area contributed by atoms with Gasteiger partial charge in [-0.15, -0.1) is 0 Å². The van der Waals surface area contributed by atoms with Crippen LogP contribution in [-0.2, 0) is 6.54 Å². The lowest BCUT2D eigenvalue weighted by molar-refractivity contribution is 0.166. The van der Waals surface area contributed by atoms with Gasteiger partial charge in [-0.1, -0.05) is 24.3 Å². The molecule has 100 valence electrons. The van der Waals surface area contributed by atoms with Crippen LogP contribution in [0.25, 0.3) is 0 Å². The highest BCUT2D eigenvalue weighted by Gasteiger charge is 2.20. The number of nitrogens with zero attached hydrogens (tertiary/aromatic N) is 1. The summed E-state index contributed by atoms with van der Waals surface area (Å²) in [5, 5.41) is 3.56. The van der Waals surface area contributed by atoms with Crippen molar-refractivity contribution in [1.29, 1.82) is 0 Å². The van der Waals surface area contributed by atoms with Gasteiger partial charge < -0.3 is 11.1 Å². The Balaban J connectivity index is 1.96. The van der Waals surface area contributed by atoms with E-state index in [-0.39, 0.29) is 6.04 Å². The predicted molar refractivity (Wildman–Crippen MR) is 76.4 cm³/mol. The molecular weight excluding hydrogens is 222 g/mol. The minimum Gasteiger partial charge on any atom is -0.324 e. The SMILES string of the molecule is C[C@H](N)c1ccc(CN2C[C@H](C)N[C@@H](C)C2)cc1. The Morgan fingerprint density at radius 3 is 2.28 bits per heavy atom. The van der Waals surface area contributed by atoms with Crippen LogP contribution in [0.15, 0.2) is 24.3 Å². The van der Waals surface area contributed by atoms with Crippen LogP contribution in [0.3, 0.4) is 0 Å². The fourth-order valence-electron chi connectivity index (χ4n) is 2.75. The standard InChI is InChI=1S/C15H25N3/c1-11-8-18(9-12(2)17-11)10-14-4-6-15(7-5-14)13(3)16/h4-7,11-13,17H,8-10,16H2,1-3H3/t11-,12-,13-/m0/s1. The van der Waals surface area contributed by atoms with Gasteiger partial charge in [0.15, 0.2) is 0 Å². The lowest BCUT2D eigenvalue weighted by Gasteiger charge is -2.36. The molecule has 3 heteroatoms. The van der Waals surface area contributed by atoms with Gasteiger partial charge in [-0.3, -0.25) is 4.90 Å². The minimum absolute atomic E-state index is 0.123. The van der Waals surface area contributed by atoms with Crippen molar-refractivity contribution in [1.82, 2.24) is 10.2 Å². The lowest BCUT2D eigenvalue weighted by Crippen LogP contribution is -2.53. The largest absolute Gasteiger partial charge is 0.324 e. The van der Waals surface area contributed by atoms with Gasteiger partial charge in [0.1, 0.15) is 0 Å². The molecule has 0 unspecified atom stereocenters. The average molecular weight is 247 g/mol. The molecule has 0 bridgehead atoms. The molecule has 3 atom stereocenters. The van der Waals surface area contributed by atoms with Crippen molar-refractivity contribution in [2.24, 2.45) is 5.73 Å². The van der Waals surface area contributed by atoms with E-state index in [1.54, 1.807) is 0 Å². The van der Waals surface area contributed by atoms with Gasteiger partial charge in [0.2, 0.25) is 0 Å². The van der Waals surface area contributed by atoms with E-state index < -0.39 is 0 Å². The van der Waals surface area contributed by atoms with E-state index in [9.17, 15) is 0 Å². The fraction of sp³-hybridized carbons (Fsp3) is 0.600. The lowest BCUT2D eigenvalue weighted by atomic mass is 10.1. The Morgan fingerprint density at radius 2 is 1.78 bits per heavy atom. The van der Waals surface area contributed by atoms with Crippen molar-refractivity contribution in [2.45, 2.75) is 45.4 Å². The summed E-state index contributed by atoms with van der Waals surface area (Å²) in [5.74, 6) is 0. The summed E-state index contributed by atoms with van der Waals surface area (Å²) in [7, 11) is 0. The van der Waals surface area contributed by atoms with E-state index >= 15 is 0 Å². The van der Waals surface area contributed by atoms with Crippen molar-refractivity contribution in [3.63, 3.8) is 0 Å². The zero-order valence-electron chi connectivity index (χ0n) is 11.7.